The molecule has 2 nitrogen and oxygen atoms in total. The van der Waals surface area contributed by atoms with Crippen LogP contribution in [0.4, 0.5) is 0 Å². The lowest BCUT2D eigenvalue weighted by Crippen LogP contribution is -2.34. The number of carbonyl (C=O) groups excluding carboxylic acids is 1. The van der Waals surface area contributed by atoms with Crippen LogP contribution in [-0.2, 0) is 9.53 Å². The van der Waals surface area contributed by atoms with Crippen LogP contribution in [0.1, 0.15) is 27.7 Å². The van der Waals surface area contributed by atoms with E-state index in [9.17, 15) is 4.79 Å². The quantitative estimate of drug-likeness (QED) is 0.446. The molecule has 1 unspecified atom stereocenters. The molecule has 0 aliphatic heterocycles. The van der Waals surface area contributed by atoms with E-state index >= 15 is 0 Å². The topological polar surface area (TPSA) is 26.3 Å². The molecule has 0 N–H and O–H groups in total. The standard InChI is InChI=1S/C9H14O2/c1-6-9(5,7(2)3)11-8(4)10/h1,7H,2-5H3. The molecular formula is C9H14O2. The Morgan fingerprint density at radius 3 is 2.18 bits per heavy atom. The van der Waals surface area contributed by atoms with Crippen LogP contribution in [0, 0.1) is 18.3 Å². The fourth-order valence-electron chi connectivity index (χ4n) is 0.613. The van der Waals surface area contributed by atoms with E-state index in [1.807, 2.05) is 13.8 Å². The summed E-state index contributed by atoms with van der Waals surface area (Å²) in [6, 6.07) is 0. The Bertz CT molecular complexity index is 188. The first-order chi connectivity index (χ1) is 4.92. The summed E-state index contributed by atoms with van der Waals surface area (Å²) in [7, 11) is 0. The van der Waals surface area contributed by atoms with Crippen molar-refractivity contribution in [1.82, 2.24) is 0 Å². The van der Waals surface area contributed by atoms with Gasteiger partial charge >= 0.3 is 5.97 Å². The van der Waals surface area contributed by atoms with Crippen LogP contribution in [0.5, 0.6) is 0 Å². The molecule has 0 aromatic rings. The van der Waals surface area contributed by atoms with Crippen LogP contribution >= 0.6 is 0 Å². The number of rotatable bonds is 2. The van der Waals surface area contributed by atoms with E-state index in [2.05, 4.69) is 5.92 Å². The lowest BCUT2D eigenvalue weighted by atomic mass is 9.93. The Morgan fingerprint density at radius 1 is 1.64 bits per heavy atom. The highest BCUT2D eigenvalue weighted by Gasteiger charge is 2.28. The molecule has 0 bridgehead atoms. The summed E-state index contributed by atoms with van der Waals surface area (Å²) in [5.74, 6) is 2.27. The van der Waals surface area contributed by atoms with Crippen LogP contribution < -0.4 is 0 Å². The summed E-state index contributed by atoms with van der Waals surface area (Å²) in [6.07, 6.45) is 5.23. The van der Waals surface area contributed by atoms with Gasteiger partial charge in [0, 0.05) is 12.8 Å². The molecule has 0 saturated heterocycles. The third-order valence-corrected chi connectivity index (χ3v) is 1.74. The van der Waals surface area contributed by atoms with Crippen molar-refractivity contribution in [2.75, 3.05) is 0 Å². The van der Waals surface area contributed by atoms with Crippen LogP contribution in [0.25, 0.3) is 0 Å². The van der Waals surface area contributed by atoms with E-state index in [0.717, 1.165) is 0 Å². The molecule has 0 aliphatic carbocycles. The van der Waals surface area contributed by atoms with Crippen molar-refractivity contribution in [3.8, 4) is 12.3 Å². The molecule has 0 heterocycles. The van der Waals surface area contributed by atoms with Gasteiger partial charge in [-0.2, -0.15) is 0 Å². The van der Waals surface area contributed by atoms with Crippen LogP contribution in [0.3, 0.4) is 0 Å². The number of esters is 1. The number of hydrogen-bond donors (Lipinski definition) is 0. The average Bonchev–Trinajstić information content (AvgIpc) is 1.86. The molecule has 0 rings (SSSR count). The molecule has 0 fully saturated rings. The predicted octanol–water partition coefficient (Wildman–Crippen LogP) is 1.60. The van der Waals surface area contributed by atoms with Crippen molar-refractivity contribution >= 4 is 5.97 Å². The zero-order valence-electron chi connectivity index (χ0n) is 7.47. The summed E-state index contributed by atoms with van der Waals surface area (Å²) >= 11 is 0. The molecular weight excluding hydrogens is 140 g/mol. The zero-order chi connectivity index (χ0) is 9.07. The van der Waals surface area contributed by atoms with Gasteiger partial charge in [-0.05, 0) is 6.92 Å². The van der Waals surface area contributed by atoms with Gasteiger partial charge in [0.15, 0.2) is 5.60 Å². The first kappa shape index (κ1) is 10.0. The summed E-state index contributed by atoms with van der Waals surface area (Å²) < 4.78 is 4.97. The highest BCUT2D eigenvalue weighted by Crippen LogP contribution is 2.20. The van der Waals surface area contributed by atoms with Gasteiger partial charge in [-0.15, -0.1) is 6.42 Å². The first-order valence-corrected chi connectivity index (χ1v) is 3.59. The number of ether oxygens (including phenoxy) is 1. The van der Waals surface area contributed by atoms with Crippen molar-refractivity contribution in [3.63, 3.8) is 0 Å². The Balaban J connectivity index is 4.38. The largest absolute Gasteiger partial charge is 0.446 e. The average molecular weight is 154 g/mol. The Labute approximate surface area is 67.9 Å². The van der Waals surface area contributed by atoms with Crippen molar-refractivity contribution in [3.05, 3.63) is 0 Å². The van der Waals surface area contributed by atoms with Gasteiger partial charge in [0.2, 0.25) is 0 Å². The van der Waals surface area contributed by atoms with Gasteiger partial charge in [0.25, 0.3) is 0 Å². The second-order valence-corrected chi connectivity index (χ2v) is 3.00. The normalized spacial score (nSPS) is 15.3. The molecule has 0 saturated carbocycles. The molecule has 0 radical (unpaired) electrons. The molecule has 0 aromatic carbocycles. The predicted molar refractivity (Wildman–Crippen MR) is 43.8 cm³/mol. The molecule has 62 valence electrons. The van der Waals surface area contributed by atoms with Gasteiger partial charge in [-0.1, -0.05) is 19.8 Å². The van der Waals surface area contributed by atoms with Gasteiger partial charge in [0.1, 0.15) is 0 Å². The fraction of sp³-hybridized carbons (Fsp3) is 0.667. The third kappa shape index (κ3) is 2.63. The third-order valence-electron chi connectivity index (χ3n) is 1.74. The lowest BCUT2D eigenvalue weighted by Gasteiger charge is -2.27. The van der Waals surface area contributed by atoms with E-state index in [-0.39, 0.29) is 11.9 Å². The smallest absolute Gasteiger partial charge is 0.304 e. The number of terminal acetylenes is 1. The second kappa shape index (κ2) is 3.43. The van der Waals surface area contributed by atoms with Gasteiger partial charge in [0.05, 0.1) is 0 Å². The summed E-state index contributed by atoms with van der Waals surface area (Å²) in [6.45, 7) is 6.93. The summed E-state index contributed by atoms with van der Waals surface area (Å²) in [4.78, 5) is 10.6. The summed E-state index contributed by atoms with van der Waals surface area (Å²) in [5.41, 5.74) is -0.758. The highest BCUT2D eigenvalue weighted by atomic mass is 16.6. The number of carbonyl (C=O) groups is 1. The minimum absolute atomic E-state index is 0.136. The van der Waals surface area contributed by atoms with Gasteiger partial charge < -0.3 is 4.74 Å². The van der Waals surface area contributed by atoms with Gasteiger partial charge in [-0.25, -0.2) is 0 Å². The maximum absolute atomic E-state index is 10.6. The van der Waals surface area contributed by atoms with Crippen molar-refractivity contribution < 1.29 is 9.53 Å². The summed E-state index contributed by atoms with van der Waals surface area (Å²) in [5, 5.41) is 0. The molecule has 0 amide bonds. The molecule has 0 aliphatic rings. The molecule has 1 atom stereocenters. The van der Waals surface area contributed by atoms with E-state index in [1.165, 1.54) is 6.92 Å². The maximum atomic E-state index is 10.6. The SMILES string of the molecule is C#CC(C)(OC(C)=O)C(C)C. The molecule has 2 heteroatoms. The highest BCUT2D eigenvalue weighted by molar-refractivity contribution is 5.67. The molecule has 0 aromatic heterocycles. The van der Waals surface area contributed by atoms with E-state index in [4.69, 9.17) is 11.2 Å². The van der Waals surface area contributed by atoms with E-state index < -0.39 is 5.60 Å². The molecule has 0 spiro atoms. The zero-order valence-corrected chi connectivity index (χ0v) is 7.47. The Morgan fingerprint density at radius 2 is 2.09 bits per heavy atom. The first-order valence-electron chi connectivity index (χ1n) is 3.59. The van der Waals surface area contributed by atoms with Crippen LogP contribution in [0.2, 0.25) is 0 Å². The second-order valence-electron chi connectivity index (χ2n) is 3.00. The van der Waals surface area contributed by atoms with Crippen LogP contribution in [0.15, 0.2) is 0 Å². The van der Waals surface area contributed by atoms with E-state index in [0.29, 0.717) is 0 Å². The van der Waals surface area contributed by atoms with Crippen LogP contribution in [-0.4, -0.2) is 11.6 Å². The molecule has 11 heavy (non-hydrogen) atoms. The fourth-order valence-corrected chi connectivity index (χ4v) is 0.613. The Kier molecular flexibility index (Phi) is 3.13. The minimum Gasteiger partial charge on any atom is -0.446 e. The monoisotopic (exact) mass is 154 g/mol. The van der Waals surface area contributed by atoms with Gasteiger partial charge in [-0.3, -0.25) is 4.79 Å². The number of hydrogen-bond acceptors (Lipinski definition) is 2. The van der Waals surface area contributed by atoms with Crippen molar-refractivity contribution in [2.45, 2.75) is 33.3 Å². The van der Waals surface area contributed by atoms with Crippen molar-refractivity contribution in [2.24, 2.45) is 5.92 Å². The van der Waals surface area contributed by atoms with Crippen molar-refractivity contribution in [1.29, 1.82) is 0 Å². The maximum Gasteiger partial charge on any atom is 0.304 e. The Hall–Kier alpha value is -0.970. The minimum atomic E-state index is -0.758. The lowest BCUT2D eigenvalue weighted by molar-refractivity contribution is -0.153. The van der Waals surface area contributed by atoms with E-state index in [1.54, 1.807) is 6.92 Å².